The molecule has 0 aromatic heterocycles. The largest absolute Gasteiger partial charge is 0.300 e. The van der Waals surface area contributed by atoms with E-state index >= 15 is 0 Å². The van der Waals surface area contributed by atoms with Crippen molar-refractivity contribution in [3.63, 3.8) is 0 Å². The van der Waals surface area contributed by atoms with Crippen molar-refractivity contribution < 1.29 is 0 Å². The monoisotopic (exact) mass is 141 g/mol. The topological polar surface area (TPSA) is 3.24 Å². The molecule has 4 atom stereocenters. The van der Waals surface area contributed by atoms with Gasteiger partial charge in [-0.05, 0) is 32.7 Å². The zero-order chi connectivity index (χ0) is 7.89. The van der Waals surface area contributed by atoms with Crippen LogP contribution in [-0.2, 0) is 0 Å². The quantitative estimate of drug-likeness (QED) is 0.498. The number of nitrogens with zero attached hydrogens (tertiary/aromatic N) is 1. The lowest BCUT2D eigenvalue weighted by molar-refractivity contribution is 0.248. The molecule has 0 unspecified atom stereocenters. The zero-order valence-corrected chi connectivity index (χ0v) is 7.76. The Labute approximate surface area is 64.4 Å². The molecule has 0 bridgehead atoms. The second-order valence-corrected chi connectivity index (χ2v) is 3.86. The lowest BCUT2D eigenvalue weighted by Gasteiger charge is -2.20. The maximum atomic E-state index is 2.48. The normalized spacial score (nSPS) is 50.1. The van der Waals surface area contributed by atoms with Crippen LogP contribution in [0.25, 0.3) is 0 Å². The maximum absolute atomic E-state index is 2.48. The number of hydrogen-bond donors (Lipinski definition) is 0. The summed E-state index contributed by atoms with van der Waals surface area (Å²) in [6.07, 6.45) is 0. The molecule has 0 aromatic rings. The van der Waals surface area contributed by atoms with E-state index < -0.39 is 0 Å². The molecule has 1 fully saturated rings. The molecule has 0 aliphatic carbocycles. The van der Waals surface area contributed by atoms with Crippen LogP contribution in [0.2, 0.25) is 0 Å². The molecule has 1 nitrogen and oxygen atoms in total. The van der Waals surface area contributed by atoms with E-state index in [2.05, 4.69) is 39.6 Å². The van der Waals surface area contributed by atoms with Gasteiger partial charge >= 0.3 is 0 Å². The highest BCUT2D eigenvalue weighted by molar-refractivity contribution is 4.89. The van der Waals surface area contributed by atoms with Gasteiger partial charge in [-0.3, -0.25) is 0 Å². The molecule has 0 radical (unpaired) electrons. The molecule has 0 spiro atoms. The van der Waals surface area contributed by atoms with Crippen molar-refractivity contribution in [1.82, 2.24) is 4.90 Å². The Hall–Kier alpha value is -0.0400. The minimum atomic E-state index is 0.769. The van der Waals surface area contributed by atoms with Gasteiger partial charge in [-0.2, -0.15) is 0 Å². The van der Waals surface area contributed by atoms with Gasteiger partial charge in [-0.15, -0.1) is 0 Å². The van der Waals surface area contributed by atoms with Gasteiger partial charge in [-0.25, -0.2) is 0 Å². The van der Waals surface area contributed by atoms with Crippen molar-refractivity contribution >= 4 is 0 Å². The third-order valence-corrected chi connectivity index (χ3v) is 3.64. The van der Waals surface area contributed by atoms with Crippen molar-refractivity contribution in [2.75, 3.05) is 7.05 Å². The first-order chi connectivity index (χ1) is 4.55. The summed E-state index contributed by atoms with van der Waals surface area (Å²) in [7, 11) is 2.23. The van der Waals surface area contributed by atoms with E-state index in [1.807, 2.05) is 0 Å². The van der Waals surface area contributed by atoms with E-state index in [1.165, 1.54) is 0 Å². The second kappa shape index (κ2) is 2.54. The number of likely N-dealkylation sites (tertiary alicyclic amines) is 1. The summed E-state index contributed by atoms with van der Waals surface area (Å²) in [5, 5.41) is 0. The molecule has 0 amide bonds. The van der Waals surface area contributed by atoms with Crippen molar-refractivity contribution in [3.8, 4) is 0 Å². The molecule has 60 valence electrons. The summed E-state index contributed by atoms with van der Waals surface area (Å²) in [5.74, 6) is 1.72. The average molecular weight is 141 g/mol. The Morgan fingerprint density at radius 2 is 1.10 bits per heavy atom. The fourth-order valence-electron chi connectivity index (χ4n) is 1.99. The molecule has 0 N–H and O–H groups in total. The number of hydrogen-bond acceptors (Lipinski definition) is 1. The molecule has 1 saturated heterocycles. The standard InChI is InChI=1S/C9H19N/c1-6-7(2)9(4)10(5)8(6)3/h6-9H,1-5H3/t6-,7+,8-,9+. The summed E-state index contributed by atoms with van der Waals surface area (Å²) in [4.78, 5) is 2.48. The van der Waals surface area contributed by atoms with E-state index in [0.29, 0.717) is 0 Å². The Morgan fingerprint density at radius 3 is 1.20 bits per heavy atom. The predicted molar refractivity (Wildman–Crippen MR) is 45.0 cm³/mol. The molecule has 1 heterocycles. The average Bonchev–Trinajstić information content (AvgIpc) is 2.07. The van der Waals surface area contributed by atoms with Crippen molar-refractivity contribution in [2.45, 2.75) is 39.8 Å². The molecule has 1 aliphatic rings. The summed E-state index contributed by atoms with van der Waals surface area (Å²) < 4.78 is 0. The van der Waals surface area contributed by atoms with Crippen LogP contribution in [0.4, 0.5) is 0 Å². The molecule has 1 heteroatoms. The van der Waals surface area contributed by atoms with E-state index in [1.54, 1.807) is 0 Å². The van der Waals surface area contributed by atoms with E-state index in [0.717, 1.165) is 23.9 Å². The third-order valence-electron chi connectivity index (χ3n) is 3.64. The third kappa shape index (κ3) is 0.968. The lowest BCUT2D eigenvalue weighted by Crippen LogP contribution is -2.29. The van der Waals surface area contributed by atoms with E-state index in [4.69, 9.17) is 0 Å². The van der Waals surface area contributed by atoms with Crippen LogP contribution in [0.3, 0.4) is 0 Å². The zero-order valence-electron chi connectivity index (χ0n) is 7.76. The van der Waals surface area contributed by atoms with Crippen molar-refractivity contribution in [1.29, 1.82) is 0 Å². The first-order valence-electron chi connectivity index (χ1n) is 4.27. The van der Waals surface area contributed by atoms with Crippen LogP contribution in [-0.4, -0.2) is 24.0 Å². The van der Waals surface area contributed by atoms with Gasteiger partial charge < -0.3 is 4.90 Å². The molecule has 10 heavy (non-hydrogen) atoms. The van der Waals surface area contributed by atoms with E-state index in [-0.39, 0.29) is 0 Å². The first-order valence-corrected chi connectivity index (χ1v) is 4.27. The minimum absolute atomic E-state index is 0.769. The fourth-order valence-corrected chi connectivity index (χ4v) is 1.99. The summed E-state index contributed by atoms with van der Waals surface area (Å²) in [6.45, 7) is 9.36. The van der Waals surface area contributed by atoms with Gasteiger partial charge in [-0.1, -0.05) is 13.8 Å². The van der Waals surface area contributed by atoms with Crippen LogP contribution in [0.5, 0.6) is 0 Å². The van der Waals surface area contributed by atoms with Crippen LogP contribution in [0.1, 0.15) is 27.7 Å². The van der Waals surface area contributed by atoms with Crippen molar-refractivity contribution in [2.24, 2.45) is 11.8 Å². The Balaban J connectivity index is 2.68. The van der Waals surface area contributed by atoms with Crippen LogP contribution >= 0.6 is 0 Å². The SMILES string of the molecule is C[C@@H]1[C@H](C)[C@H](C)N(C)[C@@H]1C. The van der Waals surface area contributed by atoms with Gasteiger partial charge in [0, 0.05) is 12.1 Å². The van der Waals surface area contributed by atoms with Crippen LogP contribution in [0, 0.1) is 11.8 Å². The Bertz CT molecular complexity index is 77.1. The van der Waals surface area contributed by atoms with E-state index in [9.17, 15) is 0 Å². The number of rotatable bonds is 0. The Morgan fingerprint density at radius 1 is 0.800 bits per heavy atom. The van der Waals surface area contributed by atoms with Gasteiger partial charge in [0.1, 0.15) is 0 Å². The minimum Gasteiger partial charge on any atom is -0.300 e. The summed E-state index contributed by atoms with van der Waals surface area (Å²) >= 11 is 0. The highest BCUT2D eigenvalue weighted by Crippen LogP contribution is 2.32. The maximum Gasteiger partial charge on any atom is 0.00955 e. The smallest absolute Gasteiger partial charge is 0.00955 e. The first kappa shape index (κ1) is 8.06. The van der Waals surface area contributed by atoms with Gasteiger partial charge in [0.15, 0.2) is 0 Å². The highest BCUT2D eigenvalue weighted by Gasteiger charge is 2.36. The molecular formula is C9H19N. The molecular weight excluding hydrogens is 122 g/mol. The molecule has 1 aliphatic heterocycles. The fraction of sp³-hybridized carbons (Fsp3) is 1.00. The van der Waals surface area contributed by atoms with Gasteiger partial charge in [0.05, 0.1) is 0 Å². The second-order valence-electron chi connectivity index (χ2n) is 3.86. The van der Waals surface area contributed by atoms with Gasteiger partial charge in [0.2, 0.25) is 0 Å². The van der Waals surface area contributed by atoms with Crippen LogP contribution in [0.15, 0.2) is 0 Å². The molecule has 1 rings (SSSR count). The Kier molecular flexibility index (Phi) is 2.04. The van der Waals surface area contributed by atoms with Gasteiger partial charge in [0.25, 0.3) is 0 Å². The molecule has 0 saturated carbocycles. The summed E-state index contributed by atoms with van der Waals surface area (Å²) in [5.41, 5.74) is 0. The lowest BCUT2D eigenvalue weighted by atomic mass is 9.92. The van der Waals surface area contributed by atoms with Crippen LogP contribution < -0.4 is 0 Å². The highest BCUT2D eigenvalue weighted by atomic mass is 15.2. The molecule has 0 aromatic carbocycles. The van der Waals surface area contributed by atoms with Crippen molar-refractivity contribution in [3.05, 3.63) is 0 Å². The predicted octanol–water partition coefficient (Wildman–Crippen LogP) is 1.98. The summed E-state index contributed by atoms with van der Waals surface area (Å²) in [6, 6.07) is 1.54.